The summed E-state index contributed by atoms with van der Waals surface area (Å²) in [5.74, 6) is -0.0777. The third-order valence-electron chi connectivity index (χ3n) is 3.97. The summed E-state index contributed by atoms with van der Waals surface area (Å²) in [6.07, 6.45) is 10.0. The molecule has 0 aliphatic carbocycles. The summed E-state index contributed by atoms with van der Waals surface area (Å²) in [4.78, 5) is 23.0. The van der Waals surface area contributed by atoms with Crippen LogP contribution in [0.4, 0.5) is 0 Å². The molecule has 0 fully saturated rings. The van der Waals surface area contributed by atoms with E-state index in [-0.39, 0.29) is 5.91 Å². The molecule has 0 saturated carbocycles. The lowest BCUT2D eigenvalue weighted by atomic mass is 10.0. The molecule has 7 heteroatoms. The number of pyridine rings is 1. The van der Waals surface area contributed by atoms with Gasteiger partial charge in [0.05, 0.1) is 4.47 Å². The maximum atomic E-state index is 12.8. The molecule has 0 unspecified atom stereocenters. The van der Waals surface area contributed by atoms with Crippen LogP contribution in [0.1, 0.15) is 22.5 Å². The molecule has 120 valence electrons. The molecule has 0 radical (unpaired) electrons. The van der Waals surface area contributed by atoms with E-state index in [0.29, 0.717) is 24.4 Å². The first-order valence-electron chi connectivity index (χ1n) is 7.60. The molecule has 1 amide bonds. The van der Waals surface area contributed by atoms with Gasteiger partial charge in [0.15, 0.2) is 11.3 Å². The van der Waals surface area contributed by atoms with Crippen molar-refractivity contribution in [2.24, 2.45) is 0 Å². The van der Waals surface area contributed by atoms with Crippen molar-refractivity contribution in [1.82, 2.24) is 24.5 Å². The normalized spacial score (nSPS) is 14.7. The van der Waals surface area contributed by atoms with Gasteiger partial charge in [0, 0.05) is 43.9 Å². The van der Waals surface area contributed by atoms with Crippen molar-refractivity contribution in [2.45, 2.75) is 6.42 Å². The van der Waals surface area contributed by atoms with Crippen LogP contribution >= 0.6 is 15.9 Å². The number of aromatic nitrogens is 4. The summed E-state index contributed by atoms with van der Waals surface area (Å²) < 4.78 is 2.43. The average molecular weight is 384 g/mol. The van der Waals surface area contributed by atoms with E-state index in [1.807, 2.05) is 23.2 Å². The van der Waals surface area contributed by atoms with Crippen molar-refractivity contribution in [3.63, 3.8) is 0 Å². The number of hydrogen-bond donors (Lipinski definition) is 0. The molecule has 1 aliphatic rings. The van der Waals surface area contributed by atoms with Crippen LogP contribution in [-0.4, -0.2) is 43.5 Å². The lowest BCUT2D eigenvalue weighted by Crippen LogP contribution is -2.35. The summed E-state index contributed by atoms with van der Waals surface area (Å²) in [5.41, 5.74) is 3.23. The molecule has 0 atom stereocenters. The highest BCUT2D eigenvalue weighted by atomic mass is 79.9. The standard InChI is InChI=1S/C17H14BrN5O/c18-14-9-20-16-7-15(21-23(16)11-14)17(24)22-6-2-4-13(10-22)12-3-1-5-19-8-12/h1,3-5,7-9,11H,2,6,10H2. The van der Waals surface area contributed by atoms with Gasteiger partial charge in [-0.15, -0.1) is 0 Å². The van der Waals surface area contributed by atoms with E-state index in [1.54, 1.807) is 29.2 Å². The van der Waals surface area contributed by atoms with Crippen LogP contribution < -0.4 is 0 Å². The second kappa shape index (κ2) is 6.16. The van der Waals surface area contributed by atoms with Crippen LogP contribution in [0.25, 0.3) is 11.2 Å². The van der Waals surface area contributed by atoms with E-state index in [4.69, 9.17) is 0 Å². The van der Waals surface area contributed by atoms with Gasteiger partial charge < -0.3 is 4.90 Å². The zero-order chi connectivity index (χ0) is 16.5. The molecule has 0 bridgehead atoms. The highest BCUT2D eigenvalue weighted by Crippen LogP contribution is 2.21. The molecule has 1 aliphatic heterocycles. The minimum Gasteiger partial charge on any atom is -0.333 e. The highest BCUT2D eigenvalue weighted by molar-refractivity contribution is 9.10. The zero-order valence-corrected chi connectivity index (χ0v) is 14.3. The summed E-state index contributed by atoms with van der Waals surface area (Å²) >= 11 is 3.36. The summed E-state index contributed by atoms with van der Waals surface area (Å²) in [5, 5.41) is 4.35. The molecular formula is C17H14BrN5O. The Balaban J connectivity index is 1.59. The maximum absolute atomic E-state index is 12.8. The van der Waals surface area contributed by atoms with E-state index in [1.165, 1.54) is 0 Å². The Morgan fingerprint density at radius 2 is 2.21 bits per heavy atom. The third kappa shape index (κ3) is 2.82. The minimum atomic E-state index is -0.0777. The van der Waals surface area contributed by atoms with E-state index < -0.39 is 0 Å². The third-order valence-corrected chi connectivity index (χ3v) is 4.38. The van der Waals surface area contributed by atoms with Crippen LogP contribution in [0.15, 0.2) is 53.5 Å². The molecule has 0 saturated heterocycles. The fourth-order valence-electron chi connectivity index (χ4n) is 2.80. The number of carbonyl (C=O) groups excluding carboxylic acids is 1. The van der Waals surface area contributed by atoms with Crippen LogP contribution in [-0.2, 0) is 0 Å². The predicted octanol–water partition coefficient (Wildman–Crippen LogP) is 2.82. The van der Waals surface area contributed by atoms with Crippen LogP contribution in [0, 0.1) is 0 Å². The number of rotatable bonds is 2. The summed E-state index contributed by atoms with van der Waals surface area (Å²) in [6, 6.07) is 5.64. The van der Waals surface area contributed by atoms with E-state index >= 15 is 0 Å². The van der Waals surface area contributed by atoms with Gasteiger partial charge in [-0.3, -0.25) is 9.78 Å². The number of halogens is 1. The Hall–Kier alpha value is -2.54. The van der Waals surface area contributed by atoms with Crippen molar-refractivity contribution < 1.29 is 4.79 Å². The molecule has 3 aromatic heterocycles. The Bertz CT molecular complexity index is 935. The topological polar surface area (TPSA) is 63.4 Å². The van der Waals surface area contributed by atoms with E-state index in [0.717, 1.165) is 22.0 Å². The van der Waals surface area contributed by atoms with Crippen molar-refractivity contribution in [3.05, 3.63) is 64.8 Å². The number of nitrogens with zero attached hydrogens (tertiary/aromatic N) is 5. The monoisotopic (exact) mass is 383 g/mol. The Kier molecular flexibility index (Phi) is 3.86. The number of fused-ring (bicyclic) bond motifs is 1. The molecule has 3 aromatic rings. The first-order valence-corrected chi connectivity index (χ1v) is 8.39. The molecule has 0 N–H and O–H groups in total. The average Bonchev–Trinajstić information content (AvgIpc) is 3.05. The second-order valence-electron chi connectivity index (χ2n) is 5.59. The minimum absolute atomic E-state index is 0.0777. The van der Waals surface area contributed by atoms with Gasteiger partial charge in [-0.25, -0.2) is 9.50 Å². The number of amides is 1. The Morgan fingerprint density at radius 3 is 3.04 bits per heavy atom. The molecule has 4 rings (SSSR count). The summed E-state index contributed by atoms with van der Waals surface area (Å²) in [6.45, 7) is 1.25. The van der Waals surface area contributed by atoms with Crippen LogP contribution in [0.2, 0.25) is 0 Å². The van der Waals surface area contributed by atoms with Crippen molar-refractivity contribution >= 4 is 33.1 Å². The molecule has 0 aromatic carbocycles. The molecular weight excluding hydrogens is 370 g/mol. The lowest BCUT2D eigenvalue weighted by Gasteiger charge is -2.26. The molecule has 4 heterocycles. The van der Waals surface area contributed by atoms with Crippen molar-refractivity contribution in [1.29, 1.82) is 0 Å². The van der Waals surface area contributed by atoms with E-state index in [2.05, 4.69) is 37.1 Å². The lowest BCUT2D eigenvalue weighted by molar-refractivity contribution is 0.0768. The van der Waals surface area contributed by atoms with Gasteiger partial charge in [0.25, 0.3) is 5.91 Å². The quantitative estimate of drug-likeness (QED) is 0.682. The Morgan fingerprint density at radius 1 is 1.29 bits per heavy atom. The largest absolute Gasteiger partial charge is 0.333 e. The van der Waals surface area contributed by atoms with Gasteiger partial charge in [0.2, 0.25) is 0 Å². The van der Waals surface area contributed by atoms with Gasteiger partial charge in [-0.1, -0.05) is 12.1 Å². The van der Waals surface area contributed by atoms with Gasteiger partial charge in [-0.05, 0) is 39.6 Å². The molecule has 24 heavy (non-hydrogen) atoms. The molecule has 6 nitrogen and oxygen atoms in total. The SMILES string of the molecule is O=C(c1cc2ncc(Br)cn2n1)N1CCC=C(c2cccnc2)C1. The van der Waals surface area contributed by atoms with Crippen LogP contribution in [0.3, 0.4) is 0 Å². The number of carbonyl (C=O) groups is 1. The fourth-order valence-corrected chi connectivity index (χ4v) is 3.10. The summed E-state index contributed by atoms with van der Waals surface area (Å²) in [7, 11) is 0. The predicted molar refractivity (Wildman–Crippen MR) is 93.4 cm³/mol. The van der Waals surface area contributed by atoms with Crippen LogP contribution in [0.5, 0.6) is 0 Å². The number of hydrogen-bond acceptors (Lipinski definition) is 4. The fraction of sp³-hybridized carbons (Fsp3) is 0.176. The first-order chi connectivity index (χ1) is 11.7. The first kappa shape index (κ1) is 15.0. The zero-order valence-electron chi connectivity index (χ0n) is 12.8. The molecule has 0 spiro atoms. The van der Waals surface area contributed by atoms with Gasteiger partial charge >= 0.3 is 0 Å². The van der Waals surface area contributed by atoms with E-state index in [9.17, 15) is 4.79 Å². The Labute approximate surface area is 147 Å². The van der Waals surface area contributed by atoms with Gasteiger partial charge in [0.1, 0.15) is 0 Å². The van der Waals surface area contributed by atoms with Crippen molar-refractivity contribution in [3.8, 4) is 0 Å². The van der Waals surface area contributed by atoms with Gasteiger partial charge in [-0.2, -0.15) is 5.10 Å². The van der Waals surface area contributed by atoms with Crippen molar-refractivity contribution in [2.75, 3.05) is 13.1 Å². The maximum Gasteiger partial charge on any atom is 0.274 e. The second-order valence-corrected chi connectivity index (χ2v) is 6.51. The highest BCUT2D eigenvalue weighted by Gasteiger charge is 2.22. The smallest absolute Gasteiger partial charge is 0.274 e.